The Kier molecular flexibility index (Phi) is 3.57. The van der Waals surface area contributed by atoms with Crippen molar-refractivity contribution in [3.05, 3.63) is 29.8 Å². The maximum absolute atomic E-state index is 12.2. The van der Waals surface area contributed by atoms with Crippen molar-refractivity contribution in [3.63, 3.8) is 0 Å². The number of methoxy groups -OCH3 is 1. The first-order valence-corrected chi connectivity index (χ1v) is 7.25. The van der Waals surface area contributed by atoms with E-state index in [9.17, 15) is 9.59 Å². The molecule has 1 saturated heterocycles. The predicted molar refractivity (Wildman–Crippen MR) is 76.2 cm³/mol. The molecular formula is C16H19NO4. The van der Waals surface area contributed by atoms with Gasteiger partial charge in [0, 0.05) is 19.0 Å². The van der Waals surface area contributed by atoms with Gasteiger partial charge in [-0.15, -0.1) is 0 Å². The number of aliphatic carboxylic acids is 1. The highest BCUT2D eigenvalue weighted by Crippen LogP contribution is 2.41. The second-order valence-electron chi connectivity index (χ2n) is 5.83. The normalized spacial score (nSPS) is 27.5. The van der Waals surface area contributed by atoms with Gasteiger partial charge in [0.2, 0.25) is 5.91 Å². The molecule has 1 heterocycles. The van der Waals surface area contributed by atoms with Crippen LogP contribution in [-0.4, -0.2) is 42.1 Å². The third kappa shape index (κ3) is 2.73. The summed E-state index contributed by atoms with van der Waals surface area (Å²) < 4.78 is 5.14. The second kappa shape index (κ2) is 5.39. The maximum Gasteiger partial charge on any atom is 0.307 e. The fourth-order valence-corrected chi connectivity index (χ4v) is 3.08. The Labute approximate surface area is 123 Å². The summed E-state index contributed by atoms with van der Waals surface area (Å²) in [6.45, 7) is 1.41. The SMILES string of the molecule is COc1ccc(C2CCN(C(=O)C3CC3C(=O)O)C2)cc1. The fraction of sp³-hybridized carbons (Fsp3) is 0.500. The van der Waals surface area contributed by atoms with E-state index in [-0.39, 0.29) is 11.8 Å². The number of ether oxygens (including phenoxy) is 1. The van der Waals surface area contributed by atoms with Gasteiger partial charge in [0.25, 0.3) is 0 Å². The van der Waals surface area contributed by atoms with Crippen molar-refractivity contribution in [1.29, 1.82) is 0 Å². The third-order valence-corrected chi connectivity index (χ3v) is 4.51. The van der Waals surface area contributed by atoms with Crippen LogP contribution in [0.1, 0.15) is 24.3 Å². The molecule has 3 unspecified atom stereocenters. The zero-order valence-corrected chi connectivity index (χ0v) is 12.0. The first-order chi connectivity index (χ1) is 10.1. The van der Waals surface area contributed by atoms with E-state index in [1.165, 1.54) is 5.56 Å². The van der Waals surface area contributed by atoms with Gasteiger partial charge >= 0.3 is 5.97 Å². The number of carboxylic acids is 1. The lowest BCUT2D eigenvalue weighted by atomic mass is 9.98. The van der Waals surface area contributed by atoms with E-state index in [1.54, 1.807) is 7.11 Å². The van der Waals surface area contributed by atoms with Crippen molar-refractivity contribution in [2.24, 2.45) is 11.8 Å². The van der Waals surface area contributed by atoms with Crippen molar-refractivity contribution in [2.45, 2.75) is 18.8 Å². The lowest BCUT2D eigenvalue weighted by Gasteiger charge is -2.16. The van der Waals surface area contributed by atoms with Crippen molar-refractivity contribution in [1.82, 2.24) is 4.90 Å². The molecule has 5 nitrogen and oxygen atoms in total. The third-order valence-electron chi connectivity index (χ3n) is 4.51. The average molecular weight is 289 g/mol. The van der Waals surface area contributed by atoms with Crippen LogP contribution in [0.2, 0.25) is 0 Å². The van der Waals surface area contributed by atoms with Crippen molar-refractivity contribution in [3.8, 4) is 5.75 Å². The van der Waals surface area contributed by atoms with E-state index < -0.39 is 11.9 Å². The zero-order valence-electron chi connectivity index (χ0n) is 12.0. The summed E-state index contributed by atoms with van der Waals surface area (Å²) in [7, 11) is 1.64. The Morgan fingerprint density at radius 2 is 1.95 bits per heavy atom. The average Bonchev–Trinajstić information content (AvgIpc) is 3.16. The number of carbonyl (C=O) groups is 2. The minimum Gasteiger partial charge on any atom is -0.497 e. The standard InChI is InChI=1S/C16H19NO4/c1-21-12-4-2-10(3-5-12)11-6-7-17(9-11)15(18)13-8-14(13)16(19)20/h2-5,11,13-14H,6-9H2,1H3,(H,19,20). The van der Waals surface area contributed by atoms with Crippen LogP contribution in [0, 0.1) is 11.8 Å². The summed E-state index contributed by atoms with van der Waals surface area (Å²) >= 11 is 0. The van der Waals surface area contributed by atoms with Crippen LogP contribution >= 0.6 is 0 Å². The molecule has 1 N–H and O–H groups in total. The minimum atomic E-state index is -0.848. The van der Waals surface area contributed by atoms with Crippen LogP contribution in [-0.2, 0) is 9.59 Å². The first kappa shape index (κ1) is 13.9. The Hall–Kier alpha value is -2.04. The largest absolute Gasteiger partial charge is 0.497 e. The number of carboxylic acid groups (broad SMARTS) is 1. The van der Waals surface area contributed by atoms with Crippen molar-refractivity contribution >= 4 is 11.9 Å². The van der Waals surface area contributed by atoms with Gasteiger partial charge < -0.3 is 14.7 Å². The van der Waals surface area contributed by atoms with E-state index in [1.807, 2.05) is 29.2 Å². The molecule has 2 aliphatic rings. The van der Waals surface area contributed by atoms with Gasteiger partial charge in [-0.2, -0.15) is 0 Å². The number of hydrogen-bond donors (Lipinski definition) is 1. The van der Waals surface area contributed by atoms with Crippen LogP contribution in [0.3, 0.4) is 0 Å². The highest BCUT2D eigenvalue weighted by Gasteiger charge is 2.50. The number of hydrogen-bond acceptors (Lipinski definition) is 3. The minimum absolute atomic E-state index is 0.0124. The molecule has 3 rings (SSSR count). The van der Waals surface area contributed by atoms with Gasteiger partial charge in [-0.1, -0.05) is 12.1 Å². The van der Waals surface area contributed by atoms with E-state index in [0.717, 1.165) is 18.7 Å². The Morgan fingerprint density at radius 1 is 1.24 bits per heavy atom. The number of amides is 1. The molecule has 112 valence electrons. The smallest absolute Gasteiger partial charge is 0.307 e. The molecule has 2 fully saturated rings. The quantitative estimate of drug-likeness (QED) is 0.916. The fourth-order valence-electron chi connectivity index (χ4n) is 3.08. The summed E-state index contributed by atoms with van der Waals surface area (Å²) in [6, 6.07) is 7.94. The number of likely N-dealkylation sites (tertiary alicyclic amines) is 1. The van der Waals surface area contributed by atoms with Crippen molar-refractivity contribution in [2.75, 3.05) is 20.2 Å². The molecule has 0 aromatic heterocycles. The molecule has 0 radical (unpaired) electrons. The van der Waals surface area contributed by atoms with Gasteiger partial charge in [0.05, 0.1) is 18.9 Å². The molecule has 1 aromatic rings. The molecule has 5 heteroatoms. The van der Waals surface area contributed by atoms with Crippen molar-refractivity contribution < 1.29 is 19.4 Å². The first-order valence-electron chi connectivity index (χ1n) is 7.25. The lowest BCUT2D eigenvalue weighted by molar-refractivity contribution is -0.141. The van der Waals surface area contributed by atoms with Crippen LogP contribution in [0.4, 0.5) is 0 Å². The van der Waals surface area contributed by atoms with E-state index >= 15 is 0 Å². The highest BCUT2D eigenvalue weighted by atomic mass is 16.5. The molecule has 1 aromatic carbocycles. The molecule has 0 bridgehead atoms. The molecule has 1 saturated carbocycles. The summed E-state index contributed by atoms with van der Waals surface area (Å²) in [5.41, 5.74) is 1.21. The number of rotatable bonds is 4. The summed E-state index contributed by atoms with van der Waals surface area (Å²) in [5.74, 6) is -0.429. The molecule has 3 atom stereocenters. The number of nitrogens with zero attached hydrogens (tertiary/aromatic N) is 1. The maximum atomic E-state index is 12.2. The van der Waals surface area contributed by atoms with Gasteiger partial charge in [0.15, 0.2) is 0 Å². The molecule has 21 heavy (non-hydrogen) atoms. The summed E-state index contributed by atoms with van der Waals surface area (Å²) in [4.78, 5) is 24.9. The van der Waals surface area contributed by atoms with Crippen LogP contribution in [0.5, 0.6) is 5.75 Å². The van der Waals surface area contributed by atoms with Crippen LogP contribution < -0.4 is 4.74 Å². The van der Waals surface area contributed by atoms with Gasteiger partial charge in [-0.25, -0.2) is 0 Å². The summed E-state index contributed by atoms with van der Waals surface area (Å²) in [5, 5.41) is 8.91. The van der Waals surface area contributed by atoms with E-state index in [0.29, 0.717) is 18.9 Å². The Morgan fingerprint density at radius 3 is 2.52 bits per heavy atom. The van der Waals surface area contributed by atoms with Crippen LogP contribution in [0.15, 0.2) is 24.3 Å². The van der Waals surface area contributed by atoms with Gasteiger partial charge in [-0.3, -0.25) is 9.59 Å². The molecular weight excluding hydrogens is 270 g/mol. The number of benzene rings is 1. The zero-order chi connectivity index (χ0) is 15.0. The monoisotopic (exact) mass is 289 g/mol. The van der Waals surface area contributed by atoms with Gasteiger partial charge in [-0.05, 0) is 30.5 Å². The molecule has 1 amide bonds. The number of carbonyl (C=O) groups excluding carboxylic acids is 1. The summed E-state index contributed by atoms with van der Waals surface area (Å²) in [6.07, 6.45) is 1.43. The Bertz CT molecular complexity index is 554. The molecule has 1 aliphatic heterocycles. The Balaban J connectivity index is 1.60. The van der Waals surface area contributed by atoms with Crippen LogP contribution in [0.25, 0.3) is 0 Å². The predicted octanol–water partition coefficient (Wildman–Crippen LogP) is 1.73. The van der Waals surface area contributed by atoms with Gasteiger partial charge in [0.1, 0.15) is 5.75 Å². The lowest BCUT2D eigenvalue weighted by Crippen LogP contribution is -2.30. The van der Waals surface area contributed by atoms with E-state index in [4.69, 9.17) is 9.84 Å². The molecule has 1 aliphatic carbocycles. The topological polar surface area (TPSA) is 66.8 Å². The highest BCUT2D eigenvalue weighted by molar-refractivity contribution is 5.89. The second-order valence-corrected chi connectivity index (χ2v) is 5.83. The van der Waals surface area contributed by atoms with E-state index in [2.05, 4.69) is 0 Å². The molecule has 0 spiro atoms.